The fourth-order valence-electron chi connectivity index (χ4n) is 4.33. The number of rotatable bonds is 10. The normalized spacial score (nSPS) is 10.8. The number of benzene rings is 4. The molecular weight excluding hydrogens is 486 g/mol. The second-order valence-electron chi connectivity index (χ2n) is 9.41. The SMILES string of the molecule is CC(=O)c1cc(OCc2ccccc2)c2cc(-c3ccc(CCC(=O)OCc4ccccc4)cc3)ccc2n1. The van der Waals surface area contributed by atoms with Gasteiger partial charge in [0.15, 0.2) is 5.78 Å². The number of carbonyl (C=O) groups excluding carboxylic acids is 2. The van der Waals surface area contributed by atoms with Gasteiger partial charge in [0.05, 0.1) is 5.52 Å². The number of hydrogen-bond donors (Lipinski definition) is 0. The number of Topliss-reactive ketones (excluding diaryl/α,β-unsaturated/α-hetero) is 1. The molecule has 39 heavy (non-hydrogen) atoms. The second kappa shape index (κ2) is 12.2. The monoisotopic (exact) mass is 515 g/mol. The number of aromatic nitrogens is 1. The third kappa shape index (κ3) is 6.76. The van der Waals surface area contributed by atoms with Crippen LogP contribution in [0.5, 0.6) is 5.75 Å². The summed E-state index contributed by atoms with van der Waals surface area (Å²) in [5.74, 6) is 0.310. The fourth-order valence-corrected chi connectivity index (χ4v) is 4.33. The van der Waals surface area contributed by atoms with E-state index in [1.807, 2.05) is 103 Å². The third-order valence-corrected chi connectivity index (χ3v) is 6.52. The number of carbonyl (C=O) groups is 2. The summed E-state index contributed by atoms with van der Waals surface area (Å²) in [7, 11) is 0. The first kappa shape index (κ1) is 25.9. The highest BCUT2D eigenvalue weighted by Gasteiger charge is 2.12. The number of ether oxygens (including phenoxy) is 2. The summed E-state index contributed by atoms with van der Waals surface area (Å²) in [4.78, 5) is 28.8. The van der Waals surface area contributed by atoms with Gasteiger partial charge in [0.1, 0.15) is 24.7 Å². The lowest BCUT2D eigenvalue weighted by atomic mass is 10.00. The van der Waals surface area contributed by atoms with E-state index in [0.29, 0.717) is 43.0 Å². The van der Waals surface area contributed by atoms with Crippen molar-refractivity contribution in [3.63, 3.8) is 0 Å². The molecule has 5 nitrogen and oxygen atoms in total. The number of aryl methyl sites for hydroxylation is 1. The van der Waals surface area contributed by atoms with Crippen molar-refractivity contribution >= 4 is 22.7 Å². The van der Waals surface area contributed by atoms with E-state index in [-0.39, 0.29) is 11.8 Å². The van der Waals surface area contributed by atoms with Crippen LogP contribution in [-0.2, 0) is 29.2 Å². The molecule has 194 valence electrons. The predicted octanol–water partition coefficient (Wildman–Crippen LogP) is 7.36. The van der Waals surface area contributed by atoms with Crippen LogP contribution in [0.4, 0.5) is 0 Å². The summed E-state index contributed by atoms with van der Waals surface area (Å²) in [5.41, 5.74) is 6.23. The molecule has 5 aromatic rings. The van der Waals surface area contributed by atoms with Crippen molar-refractivity contribution < 1.29 is 19.1 Å². The summed E-state index contributed by atoms with van der Waals surface area (Å²) in [6, 6.07) is 35.4. The van der Waals surface area contributed by atoms with Crippen LogP contribution in [0.3, 0.4) is 0 Å². The van der Waals surface area contributed by atoms with Crippen LogP contribution >= 0.6 is 0 Å². The average molecular weight is 516 g/mol. The molecule has 0 saturated carbocycles. The van der Waals surface area contributed by atoms with Crippen LogP contribution < -0.4 is 4.74 Å². The predicted molar refractivity (Wildman–Crippen MR) is 153 cm³/mol. The first-order chi connectivity index (χ1) is 19.0. The van der Waals surface area contributed by atoms with Crippen molar-refractivity contribution in [3.8, 4) is 16.9 Å². The molecule has 0 saturated heterocycles. The molecule has 0 atom stereocenters. The maximum absolute atomic E-state index is 12.2. The largest absolute Gasteiger partial charge is 0.488 e. The standard InChI is InChI=1S/C34H29NO4/c1-24(36)32-21-33(38-22-26-8-4-2-5-9-26)30-20-29(17-18-31(30)35-32)28-15-12-25(13-16-28)14-19-34(37)39-23-27-10-6-3-7-11-27/h2-13,15-18,20-21H,14,19,22-23H2,1H3. The molecule has 0 aliphatic carbocycles. The van der Waals surface area contributed by atoms with Crippen LogP contribution in [0.15, 0.2) is 109 Å². The van der Waals surface area contributed by atoms with E-state index >= 15 is 0 Å². The lowest BCUT2D eigenvalue weighted by Crippen LogP contribution is -2.05. The molecule has 4 aromatic carbocycles. The molecule has 0 aliphatic heterocycles. The average Bonchev–Trinajstić information content (AvgIpc) is 2.98. The zero-order chi connectivity index (χ0) is 27.0. The third-order valence-electron chi connectivity index (χ3n) is 6.52. The van der Waals surface area contributed by atoms with Crippen molar-refractivity contribution in [2.75, 3.05) is 0 Å². The second-order valence-corrected chi connectivity index (χ2v) is 9.41. The molecule has 0 N–H and O–H groups in total. The van der Waals surface area contributed by atoms with E-state index in [0.717, 1.165) is 33.2 Å². The Bertz CT molecular complexity index is 1580. The topological polar surface area (TPSA) is 65.5 Å². The first-order valence-corrected chi connectivity index (χ1v) is 13.0. The summed E-state index contributed by atoms with van der Waals surface area (Å²) in [6.07, 6.45) is 0.940. The molecule has 0 bridgehead atoms. The molecule has 1 heterocycles. The Labute approximate surface area is 228 Å². The molecule has 0 amide bonds. The summed E-state index contributed by atoms with van der Waals surface area (Å²) >= 11 is 0. The minimum atomic E-state index is -0.210. The number of hydrogen-bond acceptors (Lipinski definition) is 5. The summed E-state index contributed by atoms with van der Waals surface area (Å²) < 4.78 is 11.6. The van der Waals surface area contributed by atoms with Gasteiger partial charge in [-0.3, -0.25) is 9.59 Å². The van der Waals surface area contributed by atoms with Gasteiger partial charge in [-0.15, -0.1) is 0 Å². The van der Waals surface area contributed by atoms with Crippen molar-refractivity contribution in [3.05, 3.63) is 132 Å². The van der Waals surface area contributed by atoms with Gasteiger partial charge in [-0.05, 0) is 46.4 Å². The Morgan fingerprint density at radius 3 is 2.00 bits per heavy atom. The number of ketones is 1. The van der Waals surface area contributed by atoms with Crippen LogP contribution in [0.2, 0.25) is 0 Å². The Balaban J connectivity index is 1.29. The molecule has 1 aromatic heterocycles. The molecule has 0 aliphatic rings. The minimum Gasteiger partial charge on any atom is -0.488 e. The van der Waals surface area contributed by atoms with Gasteiger partial charge in [-0.2, -0.15) is 0 Å². The van der Waals surface area contributed by atoms with Crippen LogP contribution in [0.25, 0.3) is 22.0 Å². The van der Waals surface area contributed by atoms with Crippen molar-refractivity contribution in [2.24, 2.45) is 0 Å². The zero-order valence-corrected chi connectivity index (χ0v) is 21.8. The number of fused-ring (bicyclic) bond motifs is 1. The molecule has 0 spiro atoms. The Morgan fingerprint density at radius 2 is 1.33 bits per heavy atom. The van der Waals surface area contributed by atoms with Gasteiger partial charge in [-0.25, -0.2) is 4.98 Å². The van der Waals surface area contributed by atoms with E-state index < -0.39 is 0 Å². The summed E-state index contributed by atoms with van der Waals surface area (Å²) in [5, 5.41) is 0.846. The highest BCUT2D eigenvalue weighted by atomic mass is 16.5. The fraction of sp³-hybridized carbons (Fsp3) is 0.147. The van der Waals surface area contributed by atoms with Crippen molar-refractivity contribution in [1.29, 1.82) is 0 Å². The van der Waals surface area contributed by atoms with Gasteiger partial charge >= 0.3 is 5.97 Å². The number of nitrogens with zero attached hydrogens (tertiary/aromatic N) is 1. The quantitative estimate of drug-likeness (QED) is 0.144. The highest BCUT2D eigenvalue weighted by Crippen LogP contribution is 2.31. The molecule has 5 heteroatoms. The van der Waals surface area contributed by atoms with Crippen LogP contribution in [-0.4, -0.2) is 16.7 Å². The highest BCUT2D eigenvalue weighted by molar-refractivity contribution is 5.98. The van der Waals surface area contributed by atoms with E-state index in [1.165, 1.54) is 6.92 Å². The van der Waals surface area contributed by atoms with E-state index in [2.05, 4.69) is 4.98 Å². The van der Waals surface area contributed by atoms with Crippen molar-refractivity contribution in [2.45, 2.75) is 33.0 Å². The summed E-state index contributed by atoms with van der Waals surface area (Å²) in [6.45, 7) is 2.19. The maximum Gasteiger partial charge on any atom is 0.306 e. The lowest BCUT2D eigenvalue weighted by Gasteiger charge is -2.12. The van der Waals surface area contributed by atoms with E-state index in [9.17, 15) is 9.59 Å². The molecule has 0 unspecified atom stereocenters. The van der Waals surface area contributed by atoms with E-state index in [4.69, 9.17) is 9.47 Å². The van der Waals surface area contributed by atoms with Gasteiger partial charge in [0.2, 0.25) is 0 Å². The van der Waals surface area contributed by atoms with Gasteiger partial charge in [-0.1, -0.05) is 91.0 Å². The molecule has 0 fully saturated rings. The van der Waals surface area contributed by atoms with Crippen LogP contribution in [0.1, 0.15) is 40.5 Å². The maximum atomic E-state index is 12.2. The molecule has 5 rings (SSSR count). The van der Waals surface area contributed by atoms with Crippen LogP contribution in [0, 0.1) is 0 Å². The first-order valence-electron chi connectivity index (χ1n) is 13.0. The number of esters is 1. The van der Waals surface area contributed by atoms with E-state index in [1.54, 1.807) is 6.07 Å². The molecule has 0 radical (unpaired) electrons. The number of pyridine rings is 1. The lowest BCUT2D eigenvalue weighted by molar-refractivity contribution is -0.144. The Kier molecular flexibility index (Phi) is 8.08. The smallest absolute Gasteiger partial charge is 0.306 e. The Hall–Kier alpha value is -4.77. The van der Waals surface area contributed by atoms with Gasteiger partial charge < -0.3 is 9.47 Å². The Morgan fingerprint density at radius 1 is 0.692 bits per heavy atom. The minimum absolute atomic E-state index is 0.106. The zero-order valence-electron chi connectivity index (χ0n) is 21.8. The van der Waals surface area contributed by atoms with Crippen molar-refractivity contribution in [1.82, 2.24) is 4.98 Å². The molecular formula is C34H29NO4. The van der Waals surface area contributed by atoms with Gasteiger partial charge in [0, 0.05) is 24.8 Å². The van der Waals surface area contributed by atoms with Gasteiger partial charge in [0.25, 0.3) is 0 Å².